The largest absolute Gasteiger partial charge is 0.491 e. The van der Waals surface area contributed by atoms with Gasteiger partial charge in [0.15, 0.2) is 0 Å². The number of nitrogens with one attached hydrogen (secondary N) is 1. The van der Waals surface area contributed by atoms with E-state index in [1.165, 1.54) is 0 Å². The highest BCUT2D eigenvalue weighted by Crippen LogP contribution is 2.25. The quantitative estimate of drug-likeness (QED) is 0.801. The standard InChI is InChI=1S/C15H15Cl2NO/c1-11-4-2-3-5-15(11)19-9-8-18-14-10-12(16)6-7-13(14)17/h2-7,10,18H,8-9H2,1H3. The summed E-state index contributed by atoms with van der Waals surface area (Å²) in [5.41, 5.74) is 1.95. The molecule has 0 aliphatic carbocycles. The van der Waals surface area contributed by atoms with Crippen LogP contribution in [-0.2, 0) is 0 Å². The number of para-hydroxylation sites is 1. The summed E-state index contributed by atoms with van der Waals surface area (Å²) in [6.07, 6.45) is 0. The second kappa shape index (κ2) is 6.69. The molecule has 0 saturated carbocycles. The van der Waals surface area contributed by atoms with Crippen LogP contribution in [0.3, 0.4) is 0 Å². The molecule has 0 aliphatic rings. The lowest BCUT2D eigenvalue weighted by molar-refractivity contribution is 0.330. The van der Waals surface area contributed by atoms with Crippen LogP contribution in [0.25, 0.3) is 0 Å². The molecule has 4 heteroatoms. The summed E-state index contributed by atoms with van der Waals surface area (Å²) in [7, 11) is 0. The molecule has 2 rings (SSSR count). The number of hydrogen-bond donors (Lipinski definition) is 1. The van der Waals surface area contributed by atoms with E-state index in [1.807, 2.05) is 31.2 Å². The molecule has 2 nitrogen and oxygen atoms in total. The molecule has 0 atom stereocenters. The number of benzene rings is 2. The van der Waals surface area contributed by atoms with Crippen molar-refractivity contribution in [2.24, 2.45) is 0 Å². The molecule has 0 aromatic heterocycles. The third kappa shape index (κ3) is 4.05. The Morgan fingerprint density at radius 2 is 1.89 bits per heavy atom. The fourth-order valence-electron chi connectivity index (χ4n) is 1.70. The van der Waals surface area contributed by atoms with Crippen molar-refractivity contribution in [2.45, 2.75) is 6.92 Å². The van der Waals surface area contributed by atoms with Crippen LogP contribution in [-0.4, -0.2) is 13.2 Å². The average Bonchev–Trinajstić information content (AvgIpc) is 2.40. The summed E-state index contributed by atoms with van der Waals surface area (Å²) in [4.78, 5) is 0. The molecule has 0 unspecified atom stereocenters. The van der Waals surface area contributed by atoms with Crippen LogP contribution in [0.4, 0.5) is 5.69 Å². The normalized spacial score (nSPS) is 10.3. The van der Waals surface area contributed by atoms with Gasteiger partial charge in [0, 0.05) is 11.6 Å². The van der Waals surface area contributed by atoms with Crippen LogP contribution >= 0.6 is 23.2 Å². The number of anilines is 1. The predicted molar refractivity (Wildman–Crippen MR) is 81.6 cm³/mol. The van der Waals surface area contributed by atoms with Crippen molar-refractivity contribution in [3.05, 3.63) is 58.1 Å². The van der Waals surface area contributed by atoms with E-state index < -0.39 is 0 Å². The number of halogens is 2. The second-order valence-electron chi connectivity index (χ2n) is 4.16. The number of rotatable bonds is 5. The predicted octanol–water partition coefficient (Wildman–Crippen LogP) is 4.79. The summed E-state index contributed by atoms with van der Waals surface area (Å²) in [5.74, 6) is 0.904. The van der Waals surface area contributed by atoms with Crippen molar-refractivity contribution in [1.29, 1.82) is 0 Å². The van der Waals surface area contributed by atoms with Gasteiger partial charge in [-0.05, 0) is 36.8 Å². The molecule has 0 heterocycles. The monoisotopic (exact) mass is 295 g/mol. The Balaban J connectivity index is 1.84. The molecule has 0 bridgehead atoms. The maximum Gasteiger partial charge on any atom is 0.122 e. The van der Waals surface area contributed by atoms with E-state index in [2.05, 4.69) is 5.32 Å². The first-order valence-corrected chi connectivity index (χ1v) is 6.80. The lowest BCUT2D eigenvalue weighted by Crippen LogP contribution is -2.12. The minimum absolute atomic E-state index is 0.563. The Labute approximate surface area is 123 Å². The first kappa shape index (κ1) is 14.0. The zero-order chi connectivity index (χ0) is 13.7. The van der Waals surface area contributed by atoms with Crippen LogP contribution in [0.1, 0.15) is 5.56 Å². The lowest BCUT2D eigenvalue weighted by atomic mass is 10.2. The third-order valence-corrected chi connectivity index (χ3v) is 3.26. The van der Waals surface area contributed by atoms with E-state index in [4.69, 9.17) is 27.9 Å². The molecule has 2 aromatic carbocycles. The number of hydrogen-bond acceptors (Lipinski definition) is 2. The molecule has 0 amide bonds. The van der Waals surface area contributed by atoms with Gasteiger partial charge in [-0.1, -0.05) is 41.4 Å². The Morgan fingerprint density at radius 3 is 2.68 bits per heavy atom. The van der Waals surface area contributed by atoms with Crippen molar-refractivity contribution < 1.29 is 4.74 Å². The highest BCUT2D eigenvalue weighted by molar-refractivity contribution is 6.35. The van der Waals surface area contributed by atoms with E-state index in [-0.39, 0.29) is 0 Å². The molecule has 0 spiro atoms. The van der Waals surface area contributed by atoms with Gasteiger partial charge in [-0.2, -0.15) is 0 Å². The highest BCUT2D eigenvalue weighted by Gasteiger charge is 2.01. The minimum atomic E-state index is 0.563. The van der Waals surface area contributed by atoms with Gasteiger partial charge in [0.2, 0.25) is 0 Å². The number of aryl methyl sites for hydroxylation is 1. The molecule has 0 radical (unpaired) electrons. The molecule has 2 aromatic rings. The van der Waals surface area contributed by atoms with Gasteiger partial charge in [0.05, 0.1) is 10.7 Å². The van der Waals surface area contributed by atoms with Gasteiger partial charge in [-0.15, -0.1) is 0 Å². The fourth-order valence-corrected chi connectivity index (χ4v) is 2.05. The Kier molecular flexibility index (Phi) is 4.94. The molecule has 0 aliphatic heterocycles. The van der Waals surface area contributed by atoms with Gasteiger partial charge in [0.1, 0.15) is 12.4 Å². The summed E-state index contributed by atoms with van der Waals surface area (Å²) in [6.45, 7) is 3.25. The van der Waals surface area contributed by atoms with Crippen LogP contribution < -0.4 is 10.1 Å². The Hall–Kier alpha value is -1.38. The third-order valence-electron chi connectivity index (χ3n) is 2.70. The van der Waals surface area contributed by atoms with Crippen molar-refractivity contribution in [3.8, 4) is 5.75 Å². The Morgan fingerprint density at radius 1 is 1.11 bits per heavy atom. The molecule has 19 heavy (non-hydrogen) atoms. The summed E-state index contributed by atoms with van der Waals surface area (Å²) in [5, 5.41) is 4.51. The molecule has 1 N–H and O–H groups in total. The summed E-state index contributed by atoms with van der Waals surface area (Å²) in [6, 6.07) is 13.3. The number of ether oxygens (including phenoxy) is 1. The highest BCUT2D eigenvalue weighted by atomic mass is 35.5. The fraction of sp³-hybridized carbons (Fsp3) is 0.200. The molecular weight excluding hydrogens is 281 g/mol. The van der Waals surface area contributed by atoms with Crippen LogP contribution in [0.2, 0.25) is 10.0 Å². The first-order chi connectivity index (χ1) is 9.16. The molecule has 0 fully saturated rings. The SMILES string of the molecule is Cc1ccccc1OCCNc1cc(Cl)ccc1Cl. The summed E-state index contributed by atoms with van der Waals surface area (Å²) >= 11 is 12.0. The zero-order valence-corrected chi connectivity index (χ0v) is 12.1. The van der Waals surface area contributed by atoms with E-state index in [0.717, 1.165) is 17.0 Å². The van der Waals surface area contributed by atoms with Crippen LogP contribution in [0.5, 0.6) is 5.75 Å². The summed E-state index contributed by atoms with van der Waals surface area (Å²) < 4.78 is 5.69. The smallest absolute Gasteiger partial charge is 0.122 e. The molecular formula is C15H15Cl2NO. The van der Waals surface area contributed by atoms with E-state index in [1.54, 1.807) is 18.2 Å². The maximum atomic E-state index is 6.06. The topological polar surface area (TPSA) is 21.3 Å². The van der Waals surface area contributed by atoms with Crippen LogP contribution in [0.15, 0.2) is 42.5 Å². The van der Waals surface area contributed by atoms with E-state index in [9.17, 15) is 0 Å². The average molecular weight is 296 g/mol. The second-order valence-corrected chi connectivity index (χ2v) is 5.01. The van der Waals surface area contributed by atoms with Gasteiger partial charge in [-0.3, -0.25) is 0 Å². The van der Waals surface area contributed by atoms with Gasteiger partial charge >= 0.3 is 0 Å². The molecule has 0 saturated heterocycles. The maximum absolute atomic E-state index is 6.06. The lowest BCUT2D eigenvalue weighted by Gasteiger charge is -2.11. The molecule has 100 valence electrons. The van der Waals surface area contributed by atoms with Crippen molar-refractivity contribution in [3.63, 3.8) is 0 Å². The van der Waals surface area contributed by atoms with Crippen molar-refractivity contribution >= 4 is 28.9 Å². The first-order valence-electron chi connectivity index (χ1n) is 6.04. The van der Waals surface area contributed by atoms with E-state index >= 15 is 0 Å². The van der Waals surface area contributed by atoms with Gasteiger partial charge in [0.25, 0.3) is 0 Å². The zero-order valence-electron chi connectivity index (χ0n) is 10.6. The van der Waals surface area contributed by atoms with Gasteiger partial charge in [-0.25, -0.2) is 0 Å². The van der Waals surface area contributed by atoms with Crippen LogP contribution in [0, 0.1) is 6.92 Å². The van der Waals surface area contributed by atoms with Crippen molar-refractivity contribution in [1.82, 2.24) is 0 Å². The van der Waals surface area contributed by atoms with Gasteiger partial charge < -0.3 is 10.1 Å². The minimum Gasteiger partial charge on any atom is -0.491 e. The van der Waals surface area contributed by atoms with Crippen molar-refractivity contribution in [2.75, 3.05) is 18.5 Å². The van der Waals surface area contributed by atoms with E-state index in [0.29, 0.717) is 23.2 Å². The Bertz CT molecular complexity index is 558.